The number of hydrogen-bond donors (Lipinski definition) is 1. The van der Waals surface area contributed by atoms with Gasteiger partial charge >= 0.3 is 6.09 Å². The first-order valence-electron chi connectivity index (χ1n) is 9.69. The molecule has 1 amide bonds. The number of ether oxygens (including phenoxy) is 1. The van der Waals surface area contributed by atoms with E-state index >= 15 is 0 Å². The first kappa shape index (κ1) is 22.4. The summed E-state index contributed by atoms with van der Waals surface area (Å²) in [5.41, 5.74) is 2.36. The molecule has 2 aromatic carbocycles. The molecule has 2 aliphatic heterocycles. The molecule has 0 aliphatic carbocycles. The van der Waals surface area contributed by atoms with Crippen LogP contribution in [0.25, 0.3) is 11.1 Å². The number of quaternary nitrogens is 1. The third-order valence-electron chi connectivity index (χ3n) is 6.41. The third kappa shape index (κ3) is 4.74. The van der Waals surface area contributed by atoms with Crippen molar-refractivity contribution >= 4 is 35.0 Å². The van der Waals surface area contributed by atoms with Crippen LogP contribution in [0.1, 0.15) is 25.7 Å². The van der Waals surface area contributed by atoms with Crippen molar-refractivity contribution < 1.29 is 31.0 Å². The van der Waals surface area contributed by atoms with Gasteiger partial charge in [0.25, 0.3) is 0 Å². The molecule has 2 heterocycles. The molecule has 29 heavy (non-hydrogen) atoms. The van der Waals surface area contributed by atoms with Crippen LogP contribution in [0.3, 0.4) is 0 Å². The highest BCUT2D eigenvalue weighted by molar-refractivity contribution is 6.31. The standard InChI is InChI=1S/C22H24Cl2N2O2.BrH/c1-26(2)17-7-8-18(26)13-19(12-17)28-22(27)25-21-9-6-16(24)11-20(21)14-4-3-5-15(23)10-14;/h3-6,9-11,17-19H,7-8,12-13H2,1-2H3;1H/t17-,18+,19?;. The van der Waals surface area contributed by atoms with Gasteiger partial charge in [0, 0.05) is 41.3 Å². The van der Waals surface area contributed by atoms with Gasteiger partial charge < -0.3 is 26.2 Å². The van der Waals surface area contributed by atoms with Gasteiger partial charge in [0.05, 0.1) is 31.9 Å². The van der Waals surface area contributed by atoms with E-state index in [2.05, 4.69) is 19.4 Å². The van der Waals surface area contributed by atoms with Gasteiger partial charge in [-0.1, -0.05) is 35.3 Å². The number of carbonyl (C=O) groups excluding carboxylic acids is 1. The Morgan fingerprint density at radius 1 is 1.03 bits per heavy atom. The zero-order chi connectivity index (χ0) is 19.9. The quantitative estimate of drug-likeness (QED) is 0.659. The van der Waals surface area contributed by atoms with Crippen molar-refractivity contribution in [2.45, 2.75) is 43.9 Å². The lowest BCUT2D eigenvalue weighted by molar-refractivity contribution is -0.931. The van der Waals surface area contributed by atoms with Crippen LogP contribution in [-0.4, -0.2) is 42.9 Å². The van der Waals surface area contributed by atoms with Gasteiger partial charge in [-0.2, -0.15) is 0 Å². The van der Waals surface area contributed by atoms with E-state index in [0.29, 0.717) is 27.8 Å². The van der Waals surface area contributed by atoms with E-state index in [1.165, 1.54) is 12.8 Å². The molecule has 4 nitrogen and oxygen atoms in total. The molecule has 1 unspecified atom stereocenters. The molecule has 2 saturated heterocycles. The van der Waals surface area contributed by atoms with E-state index < -0.39 is 6.09 Å². The van der Waals surface area contributed by atoms with Crippen molar-refractivity contribution in [1.82, 2.24) is 0 Å². The van der Waals surface area contributed by atoms with Gasteiger partial charge in [0.2, 0.25) is 0 Å². The number of anilines is 1. The number of rotatable bonds is 3. The molecule has 0 saturated carbocycles. The maximum absolute atomic E-state index is 12.6. The van der Waals surface area contributed by atoms with Crippen LogP contribution in [0.4, 0.5) is 10.5 Å². The second-order valence-electron chi connectivity index (χ2n) is 8.34. The SMILES string of the molecule is C[N+]1(C)[C@@H]2CC[C@H]1CC(OC(=O)Nc1ccc(Cl)cc1-c1cccc(Cl)c1)C2.[Br-]. The Morgan fingerprint density at radius 2 is 1.69 bits per heavy atom. The molecule has 4 rings (SSSR count). The van der Waals surface area contributed by atoms with Gasteiger partial charge in [-0.3, -0.25) is 5.32 Å². The first-order chi connectivity index (χ1) is 13.3. The number of benzene rings is 2. The molecular weight excluding hydrogens is 475 g/mol. The van der Waals surface area contributed by atoms with E-state index in [1.54, 1.807) is 12.1 Å². The average molecular weight is 500 g/mol. The van der Waals surface area contributed by atoms with Crippen LogP contribution in [0, 0.1) is 0 Å². The topological polar surface area (TPSA) is 38.3 Å². The zero-order valence-corrected chi connectivity index (χ0v) is 19.6. The number of piperidine rings is 1. The minimum atomic E-state index is -0.415. The smallest absolute Gasteiger partial charge is 0.411 e. The minimum Gasteiger partial charge on any atom is -1.00 e. The number of nitrogens with one attached hydrogen (secondary N) is 1. The second kappa shape index (κ2) is 8.84. The molecule has 2 aliphatic rings. The van der Waals surface area contributed by atoms with Gasteiger partial charge in [-0.05, 0) is 35.9 Å². The second-order valence-corrected chi connectivity index (χ2v) is 9.21. The van der Waals surface area contributed by atoms with Gasteiger partial charge in [0.15, 0.2) is 0 Å². The summed E-state index contributed by atoms with van der Waals surface area (Å²) in [5, 5.41) is 4.13. The number of halogens is 3. The summed E-state index contributed by atoms with van der Waals surface area (Å²) in [6.07, 6.45) is 3.86. The van der Waals surface area contributed by atoms with Crippen LogP contribution in [-0.2, 0) is 4.74 Å². The normalized spacial score (nSPS) is 24.5. The predicted octanol–water partition coefficient (Wildman–Crippen LogP) is 2.98. The lowest BCUT2D eigenvalue weighted by Crippen LogP contribution is -3.00. The van der Waals surface area contributed by atoms with Crippen molar-refractivity contribution in [3.05, 3.63) is 52.5 Å². The summed E-state index contributed by atoms with van der Waals surface area (Å²) < 4.78 is 6.85. The Bertz CT molecular complexity index is 890. The minimum absolute atomic E-state index is 0. The highest BCUT2D eigenvalue weighted by Gasteiger charge is 2.49. The predicted molar refractivity (Wildman–Crippen MR) is 114 cm³/mol. The molecule has 0 spiro atoms. The van der Waals surface area contributed by atoms with E-state index in [1.807, 2.05) is 30.3 Å². The van der Waals surface area contributed by atoms with E-state index in [-0.39, 0.29) is 23.1 Å². The van der Waals surface area contributed by atoms with Crippen molar-refractivity contribution in [3.63, 3.8) is 0 Å². The first-order valence-corrected chi connectivity index (χ1v) is 10.4. The van der Waals surface area contributed by atoms with E-state index in [0.717, 1.165) is 28.5 Å². The maximum Gasteiger partial charge on any atom is 0.411 e. The lowest BCUT2D eigenvalue weighted by Gasteiger charge is -2.43. The third-order valence-corrected chi connectivity index (χ3v) is 6.88. The number of hydrogen-bond acceptors (Lipinski definition) is 2. The Kier molecular flexibility index (Phi) is 6.84. The molecule has 0 radical (unpaired) electrons. The van der Waals surface area contributed by atoms with Crippen LogP contribution in [0.5, 0.6) is 0 Å². The zero-order valence-electron chi connectivity index (χ0n) is 16.5. The van der Waals surface area contributed by atoms with E-state index in [9.17, 15) is 4.79 Å². The lowest BCUT2D eigenvalue weighted by atomic mass is 9.98. The highest BCUT2D eigenvalue weighted by Crippen LogP contribution is 2.40. The summed E-state index contributed by atoms with van der Waals surface area (Å²) in [6, 6.07) is 14.0. The molecule has 156 valence electrons. The molecule has 2 aromatic rings. The fourth-order valence-electron chi connectivity index (χ4n) is 4.74. The van der Waals surface area contributed by atoms with Crippen molar-refractivity contribution in [2.75, 3.05) is 19.4 Å². The Balaban J connectivity index is 0.00000240. The van der Waals surface area contributed by atoms with Crippen molar-refractivity contribution in [3.8, 4) is 11.1 Å². The van der Waals surface area contributed by atoms with Crippen molar-refractivity contribution in [1.29, 1.82) is 0 Å². The Labute approximate surface area is 192 Å². The molecule has 2 fully saturated rings. The average Bonchev–Trinajstić information content (AvgIpc) is 2.81. The molecule has 7 heteroatoms. The van der Waals surface area contributed by atoms with Gasteiger partial charge in [-0.15, -0.1) is 0 Å². The summed E-state index contributed by atoms with van der Waals surface area (Å²) in [5.74, 6) is 0. The monoisotopic (exact) mass is 498 g/mol. The van der Waals surface area contributed by atoms with Gasteiger partial charge in [0.1, 0.15) is 6.10 Å². The summed E-state index contributed by atoms with van der Waals surface area (Å²) in [6.45, 7) is 0. The number of amides is 1. The Morgan fingerprint density at radius 3 is 2.34 bits per heavy atom. The Hall–Kier alpha value is -1.27. The van der Waals surface area contributed by atoms with Crippen LogP contribution < -0.4 is 22.3 Å². The summed E-state index contributed by atoms with van der Waals surface area (Å²) >= 11 is 12.3. The molecule has 2 bridgehead atoms. The largest absolute Gasteiger partial charge is 1.00 e. The number of fused-ring (bicyclic) bond motifs is 2. The maximum atomic E-state index is 12.6. The van der Waals surface area contributed by atoms with Crippen molar-refractivity contribution in [2.24, 2.45) is 0 Å². The van der Waals surface area contributed by atoms with E-state index in [4.69, 9.17) is 27.9 Å². The summed E-state index contributed by atoms with van der Waals surface area (Å²) in [4.78, 5) is 12.6. The van der Waals surface area contributed by atoms with Gasteiger partial charge in [-0.25, -0.2) is 4.79 Å². The summed E-state index contributed by atoms with van der Waals surface area (Å²) in [7, 11) is 4.59. The highest BCUT2D eigenvalue weighted by atomic mass is 79.9. The molecule has 0 aromatic heterocycles. The number of carbonyl (C=O) groups is 1. The fraction of sp³-hybridized carbons (Fsp3) is 0.409. The van der Waals surface area contributed by atoms with Crippen LogP contribution in [0.15, 0.2) is 42.5 Å². The molecule has 1 N–H and O–H groups in total. The molecule has 3 atom stereocenters. The number of nitrogens with zero attached hydrogens (tertiary/aromatic N) is 1. The molecular formula is C22H25BrCl2N2O2. The fourth-order valence-corrected chi connectivity index (χ4v) is 5.10. The van der Waals surface area contributed by atoms with Crippen LogP contribution in [0.2, 0.25) is 10.0 Å². The van der Waals surface area contributed by atoms with Crippen LogP contribution >= 0.6 is 23.2 Å².